The molecular weight excluding hydrogens is 186 g/mol. The number of nitrogens with two attached hydrogens (primary N) is 1. The van der Waals surface area contributed by atoms with Gasteiger partial charge in [-0.2, -0.15) is 0 Å². The van der Waals surface area contributed by atoms with E-state index in [-0.39, 0.29) is 0 Å². The van der Waals surface area contributed by atoms with Crippen LogP contribution in [0.15, 0.2) is 0 Å². The van der Waals surface area contributed by atoms with Crippen LogP contribution in [0.25, 0.3) is 0 Å². The highest BCUT2D eigenvalue weighted by Gasteiger charge is 2.11. The van der Waals surface area contributed by atoms with Crippen LogP contribution in [0, 0.1) is 0 Å². The maximum Gasteiger partial charge on any atom is 0.163 e. The second-order valence-corrected chi connectivity index (χ2v) is 3.57. The first-order chi connectivity index (χ1) is 6.29. The Morgan fingerprint density at radius 3 is 3.15 bits per heavy atom. The average molecular weight is 203 g/mol. The molecule has 1 saturated heterocycles. The lowest BCUT2D eigenvalue weighted by Gasteiger charge is -2.23. The minimum Gasteiger partial charge on any atom is -0.376 e. The summed E-state index contributed by atoms with van der Waals surface area (Å²) in [5.41, 5.74) is 5.29. The van der Waals surface area contributed by atoms with Gasteiger partial charge in [0.1, 0.15) is 0 Å². The molecule has 1 heterocycles. The van der Waals surface area contributed by atoms with E-state index in [2.05, 4.69) is 22.9 Å². The van der Waals surface area contributed by atoms with Crippen LogP contribution in [-0.2, 0) is 4.74 Å². The summed E-state index contributed by atoms with van der Waals surface area (Å²) >= 11 is 4.69. The van der Waals surface area contributed by atoms with Gasteiger partial charge < -0.3 is 21.1 Å². The monoisotopic (exact) mass is 203 g/mol. The quantitative estimate of drug-likeness (QED) is 0.428. The van der Waals surface area contributed by atoms with Crippen molar-refractivity contribution in [1.82, 2.24) is 10.6 Å². The van der Waals surface area contributed by atoms with Crippen LogP contribution in [0.4, 0.5) is 0 Å². The fourth-order valence-corrected chi connectivity index (χ4v) is 1.45. The Hall–Kier alpha value is -0.390. The fraction of sp³-hybridized carbons (Fsp3) is 0.875. The van der Waals surface area contributed by atoms with E-state index in [4.69, 9.17) is 10.5 Å². The van der Waals surface area contributed by atoms with Crippen molar-refractivity contribution < 1.29 is 4.74 Å². The Bertz CT molecular complexity index is 159. The molecular formula is C8H17N3OS. The minimum atomic E-state index is 0.363. The van der Waals surface area contributed by atoms with Gasteiger partial charge in [0.2, 0.25) is 0 Å². The summed E-state index contributed by atoms with van der Waals surface area (Å²) in [4.78, 5) is 0. The van der Waals surface area contributed by atoms with Crippen molar-refractivity contribution >= 4 is 17.3 Å². The summed E-state index contributed by atoms with van der Waals surface area (Å²) in [7, 11) is 0. The van der Waals surface area contributed by atoms with E-state index >= 15 is 0 Å². The Morgan fingerprint density at radius 1 is 1.69 bits per heavy atom. The lowest BCUT2D eigenvalue weighted by Crippen LogP contribution is -2.39. The lowest BCUT2D eigenvalue weighted by atomic mass is 10.2. The van der Waals surface area contributed by atoms with Gasteiger partial charge in [-0.25, -0.2) is 0 Å². The van der Waals surface area contributed by atoms with Gasteiger partial charge in [-0.15, -0.1) is 0 Å². The predicted molar refractivity (Wildman–Crippen MR) is 56.6 cm³/mol. The van der Waals surface area contributed by atoms with Crippen LogP contribution in [0.1, 0.15) is 12.8 Å². The number of nitrogens with one attached hydrogen (secondary N) is 2. The SMILES string of the molecule is NC(=S)NCCCC1CNCCO1. The number of morpholine rings is 1. The smallest absolute Gasteiger partial charge is 0.163 e. The summed E-state index contributed by atoms with van der Waals surface area (Å²) in [5, 5.41) is 6.58. The van der Waals surface area contributed by atoms with Crippen LogP contribution in [0.3, 0.4) is 0 Å². The number of ether oxygens (including phenoxy) is 1. The predicted octanol–water partition coefficient (Wildman–Crippen LogP) is -0.412. The number of rotatable bonds is 4. The molecule has 76 valence electrons. The summed E-state index contributed by atoms with van der Waals surface area (Å²) in [6.07, 6.45) is 2.47. The summed E-state index contributed by atoms with van der Waals surface area (Å²) < 4.78 is 5.53. The molecule has 4 nitrogen and oxygen atoms in total. The first kappa shape index (κ1) is 10.7. The van der Waals surface area contributed by atoms with Crippen LogP contribution >= 0.6 is 12.2 Å². The highest BCUT2D eigenvalue weighted by Crippen LogP contribution is 2.03. The molecule has 0 bridgehead atoms. The van der Waals surface area contributed by atoms with Crippen LogP contribution in [-0.4, -0.2) is 37.5 Å². The van der Waals surface area contributed by atoms with Gasteiger partial charge >= 0.3 is 0 Å². The summed E-state index contributed by atoms with van der Waals surface area (Å²) in [6.45, 7) is 3.61. The van der Waals surface area contributed by atoms with Crippen LogP contribution in [0.2, 0.25) is 0 Å². The Morgan fingerprint density at radius 2 is 2.54 bits per heavy atom. The van der Waals surface area contributed by atoms with E-state index in [0.29, 0.717) is 11.2 Å². The molecule has 1 aliphatic heterocycles. The van der Waals surface area contributed by atoms with Crippen molar-refractivity contribution in [3.8, 4) is 0 Å². The molecule has 0 aliphatic carbocycles. The zero-order valence-corrected chi connectivity index (χ0v) is 8.53. The van der Waals surface area contributed by atoms with Crippen molar-refractivity contribution in [3.05, 3.63) is 0 Å². The van der Waals surface area contributed by atoms with E-state index in [1.165, 1.54) is 0 Å². The molecule has 0 aromatic rings. The average Bonchev–Trinajstić information content (AvgIpc) is 2.14. The third kappa shape index (κ3) is 5.02. The second kappa shape index (κ2) is 6.12. The molecule has 1 atom stereocenters. The zero-order chi connectivity index (χ0) is 9.52. The van der Waals surface area contributed by atoms with Crippen LogP contribution < -0.4 is 16.4 Å². The van der Waals surface area contributed by atoms with E-state index < -0.39 is 0 Å². The van der Waals surface area contributed by atoms with Crippen molar-refractivity contribution in [2.45, 2.75) is 18.9 Å². The first-order valence-electron chi connectivity index (χ1n) is 4.64. The molecule has 1 aliphatic rings. The molecule has 0 spiro atoms. The van der Waals surface area contributed by atoms with Gasteiger partial charge in [0.15, 0.2) is 5.11 Å². The molecule has 0 saturated carbocycles. The molecule has 5 heteroatoms. The molecule has 0 radical (unpaired) electrons. The second-order valence-electron chi connectivity index (χ2n) is 3.13. The third-order valence-electron chi connectivity index (χ3n) is 2.01. The maximum atomic E-state index is 5.53. The molecule has 1 unspecified atom stereocenters. The molecule has 4 N–H and O–H groups in total. The minimum absolute atomic E-state index is 0.363. The Kier molecular flexibility index (Phi) is 5.03. The number of hydrogen-bond donors (Lipinski definition) is 3. The standard InChI is InChI=1S/C8H17N3OS/c9-8(13)11-3-1-2-7-6-10-4-5-12-7/h7,10H,1-6H2,(H3,9,11,13). The van der Waals surface area contributed by atoms with Gasteiger partial charge in [0.25, 0.3) is 0 Å². The van der Waals surface area contributed by atoms with E-state index in [9.17, 15) is 0 Å². The largest absolute Gasteiger partial charge is 0.376 e. The van der Waals surface area contributed by atoms with Gasteiger partial charge in [0, 0.05) is 19.6 Å². The normalized spacial score (nSPS) is 22.6. The number of hydrogen-bond acceptors (Lipinski definition) is 3. The van der Waals surface area contributed by atoms with Gasteiger partial charge in [-0.05, 0) is 25.1 Å². The highest BCUT2D eigenvalue weighted by molar-refractivity contribution is 7.80. The van der Waals surface area contributed by atoms with Crippen molar-refractivity contribution in [2.24, 2.45) is 5.73 Å². The van der Waals surface area contributed by atoms with Crippen molar-refractivity contribution in [2.75, 3.05) is 26.2 Å². The number of thiocarbonyl (C=S) groups is 1. The van der Waals surface area contributed by atoms with Gasteiger partial charge in [-0.1, -0.05) is 0 Å². The van der Waals surface area contributed by atoms with Crippen molar-refractivity contribution in [1.29, 1.82) is 0 Å². The summed E-state index contributed by atoms with van der Waals surface area (Å²) in [6, 6.07) is 0. The fourth-order valence-electron chi connectivity index (χ4n) is 1.35. The molecule has 0 aromatic carbocycles. The molecule has 0 aromatic heterocycles. The molecule has 13 heavy (non-hydrogen) atoms. The lowest BCUT2D eigenvalue weighted by molar-refractivity contribution is 0.0227. The topological polar surface area (TPSA) is 59.3 Å². The Balaban J connectivity index is 1.95. The molecule has 1 fully saturated rings. The van der Waals surface area contributed by atoms with E-state index in [1.807, 2.05) is 0 Å². The zero-order valence-electron chi connectivity index (χ0n) is 7.71. The molecule has 1 rings (SSSR count). The third-order valence-corrected chi connectivity index (χ3v) is 2.15. The van der Waals surface area contributed by atoms with Gasteiger partial charge in [-0.3, -0.25) is 0 Å². The van der Waals surface area contributed by atoms with Crippen molar-refractivity contribution in [3.63, 3.8) is 0 Å². The molecule has 0 amide bonds. The first-order valence-corrected chi connectivity index (χ1v) is 5.05. The highest BCUT2D eigenvalue weighted by atomic mass is 32.1. The maximum absolute atomic E-state index is 5.53. The summed E-state index contributed by atoms with van der Waals surface area (Å²) in [5.74, 6) is 0. The van der Waals surface area contributed by atoms with E-state index in [1.54, 1.807) is 0 Å². The Labute approximate surface area is 84.2 Å². The van der Waals surface area contributed by atoms with Crippen LogP contribution in [0.5, 0.6) is 0 Å². The van der Waals surface area contributed by atoms with Gasteiger partial charge in [0.05, 0.1) is 12.7 Å². The van der Waals surface area contributed by atoms with E-state index in [0.717, 1.165) is 39.1 Å².